The summed E-state index contributed by atoms with van der Waals surface area (Å²) >= 11 is 0. The van der Waals surface area contributed by atoms with Gasteiger partial charge in [0, 0.05) is 26.6 Å². The third kappa shape index (κ3) is 22.1. The molecule has 0 aliphatic rings. The maximum Gasteiger partial charge on any atom is 0.311 e. The van der Waals surface area contributed by atoms with Crippen LogP contribution in [0.1, 0.15) is 116 Å². The van der Waals surface area contributed by atoms with E-state index in [0.717, 1.165) is 19.3 Å². The molecule has 0 bridgehead atoms. The van der Waals surface area contributed by atoms with E-state index in [4.69, 9.17) is 4.74 Å². The zero-order valence-corrected chi connectivity index (χ0v) is 24.9. The molecule has 0 aliphatic carbocycles. The summed E-state index contributed by atoms with van der Waals surface area (Å²) in [4.78, 5) is 23.8. The van der Waals surface area contributed by atoms with Crippen LogP contribution >= 0.6 is 0 Å². The molecule has 0 radical (unpaired) electrons. The molecule has 0 saturated carbocycles. The molecule has 5 nitrogen and oxygen atoms in total. The largest absolute Gasteiger partial charge is 0.469 e. The van der Waals surface area contributed by atoms with Crippen molar-refractivity contribution in [3.05, 3.63) is 0 Å². The molecular weight excluding hydrogens is 402 g/mol. The van der Waals surface area contributed by atoms with Gasteiger partial charge in [0.15, 0.2) is 0 Å². The lowest BCUT2D eigenvalue weighted by Gasteiger charge is -2.25. The Morgan fingerprint density at radius 1 is 0.656 bits per heavy atom. The smallest absolute Gasteiger partial charge is 0.311 e. The van der Waals surface area contributed by atoms with Crippen LogP contribution in [0.25, 0.3) is 0 Å². The van der Waals surface area contributed by atoms with E-state index in [1.54, 1.807) is 26.1 Å². The minimum absolute atomic E-state index is 0.0833. The first kappa shape index (κ1) is 38.2. The number of carbonyl (C=O) groups is 2. The number of hydrogen-bond acceptors (Lipinski definition) is 4. The molecule has 1 amide bonds. The van der Waals surface area contributed by atoms with Crippen molar-refractivity contribution < 1.29 is 19.1 Å². The van der Waals surface area contributed by atoms with Crippen LogP contribution < -0.4 is 0 Å². The van der Waals surface area contributed by atoms with Gasteiger partial charge < -0.3 is 14.4 Å². The molecule has 5 heteroatoms. The molecule has 0 fully saturated rings. The SMILES string of the molecule is CCC(C)(C)C.CCC(C)(C)C(=O)N(C)C.CCC(C)(C)C(=O)OC.CCC(C)(C)OC. The summed E-state index contributed by atoms with van der Waals surface area (Å²) in [6.07, 6.45) is 4.06. The number of carbonyl (C=O) groups excluding carboxylic acids is 2. The molecule has 0 spiro atoms. The van der Waals surface area contributed by atoms with Crippen LogP contribution in [0, 0.1) is 16.2 Å². The minimum Gasteiger partial charge on any atom is -0.469 e. The maximum atomic E-state index is 11.3. The summed E-state index contributed by atoms with van der Waals surface area (Å²) in [7, 11) is 6.74. The Kier molecular flexibility index (Phi) is 20.7. The summed E-state index contributed by atoms with van der Waals surface area (Å²) in [5.74, 6) is 0.0694. The molecule has 196 valence electrons. The summed E-state index contributed by atoms with van der Waals surface area (Å²) in [5, 5.41) is 0. The summed E-state index contributed by atoms with van der Waals surface area (Å²) < 4.78 is 9.65. The van der Waals surface area contributed by atoms with Gasteiger partial charge in [-0.2, -0.15) is 0 Å². The van der Waals surface area contributed by atoms with Crippen LogP contribution in [0.5, 0.6) is 0 Å². The van der Waals surface area contributed by atoms with Gasteiger partial charge in [0.05, 0.1) is 18.1 Å². The number of ether oxygens (including phenoxy) is 2. The highest BCUT2D eigenvalue weighted by Gasteiger charge is 2.26. The van der Waals surface area contributed by atoms with E-state index >= 15 is 0 Å². The molecule has 0 aromatic carbocycles. The molecule has 0 aromatic heterocycles. The van der Waals surface area contributed by atoms with Gasteiger partial charge in [-0.25, -0.2) is 0 Å². The first-order chi connectivity index (χ1) is 14.1. The topological polar surface area (TPSA) is 55.8 Å². The van der Waals surface area contributed by atoms with Gasteiger partial charge in [-0.15, -0.1) is 0 Å². The van der Waals surface area contributed by atoms with Crippen LogP contribution in [-0.2, 0) is 19.1 Å². The van der Waals surface area contributed by atoms with Gasteiger partial charge in [0.1, 0.15) is 0 Å². The molecule has 0 rings (SSSR count). The van der Waals surface area contributed by atoms with Crippen molar-refractivity contribution in [2.45, 2.75) is 121 Å². The fourth-order valence-electron chi connectivity index (χ4n) is 1.32. The van der Waals surface area contributed by atoms with Crippen molar-refractivity contribution in [2.75, 3.05) is 28.3 Å². The van der Waals surface area contributed by atoms with Crippen molar-refractivity contribution in [1.82, 2.24) is 4.90 Å². The second kappa shape index (κ2) is 17.4. The third-order valence-corrected chi connectivity index (χ3v) is 5.96. The predicted octanol–water partition coefficient (Wildman–Crippen LogP) is 7.37. The quantitative estimate of drug-likeness (QED) is 0.387. The molecule has 0 heterocycles. The fraction of sp³-hybridized carbons (Fsp3) is 0.926. The zero-order valence-electron chi connectivity index (χ0n) is 24.9. The number of nitrogens with zero attached hydrogens (tertiary/aromatic N) is 1. The Labute approximate surface area is 202 Å². The van der Waals surface area contributed by atoms with E-state index in [0.29, 0.717) is 5.41 Å². The minimum atomic E-state index is -0.311. The Morgan fingerprint density at radius 2 is 1.00 bits per heavy atom. The average Bonchev–Trinajstić information content (AvgIpc) is 2.73. The number of methoxy groups -OCH3 is 2. The molecule has 0 N–H and O–H groups in total. The number of hydrogen-bond donors (Lipinski definition) is 0. The molecule has 0 aromatic rings. The first-order valence-electron chi connectivity index (χ1n) is 12.0. The standard InChI is InChI=1S/C8H17NO.C7H14O2.C6H14O.C6H14/c1-6-8(2,3)7(10)9(4)5;1-5-7(2,3)6(8)9-4;1-5-6(2,3)7-4;1-5-6(2,3)4/h6H2,1-5H3;5H2,1-4H3;5H2,1-4H3;5H2,1-4H3. The second-order valence-corrected chi connectivity index (χ2v) is 11.4. The van der Waals surface area contributed by atoms with Gasteiger partial charge in [0.25, 0.3) is 0 Å². The average molecular weight is 462 g/mol. The van der Waals surface area contributed by atoms with Crippen molar-refractivity contribution in [2.24, 2.45) is 16.2 Å². The van der Waals surface area contributed by atoms with E-state index in [2.05, 4.69) is 53.2 Å². The van der Waals surface area contributed by atoms with E-state index in [-0.39, 0.29) is 28.3 Å². The van der Waals surface area contributed by atoms with E-state index in [1.807, 2.05) is 41.5 Å². The summed E-state index contributed by atoms with van der Waals surface area (Å²) in [6, 6.07) is 0. The molecule has 0 aliphatic heterocycles. The fourth-order valence-corrected chi connectivity index (χ4v) is 1.32. The number of esters is 1. The van der Waals surface area contributed by atoms with Gasteiger partial charge in [-0.1, -0.05) is 68.7 Å². The summed E-state index contributed by atoms with van der Waals surface area (Å²) in [6.45, 7) is 26.9. The van der Waals surface area contributed by atoms with Crippen LogP contribution in [-0.4, -0.2) is 50.7 Å². The maximum absolute atomic E-state index is 11.3. The molecule has 0 unspecified atom stereocenters. The van der Waals surface area contributed by atoms with E-state index in [9.17, 15) is 9.59 Å². The first-order valence-corrected chi connectivity index (χ1v) is 12.0. The zero-order chi connectivity index (χ0) is 27.0. The lowest BCUT2D eigenvalue weighted by Crippen LogP contribution is -2.35. The van der Waals surface area contributed by atoms with Crippen LogP contribution in [0.3, 0.4) is 0 Å². The van der Waals surface area contributed by atoms with Crippen molar-refractivity contribution >= 4 is 11.9 Å². The van der Waals surface area contributed by atoms with Gasteiger partial charge in [0.2, 0.25) is 5.91 Å². The highest BCUT2D eigenvalue weighted by molar-refractivity contribution is 5.81. The Morgan fingerprint density at radius 3 is 1.06 bits per heavy atom. The lowest BCUT2D eigenvalue weighted by atomic mass is 9.89. The molecular formula is C27H59NO4. The lowest BCUT2D eigenvalue weighted by molar-refractivity contribution is -0.150. The molecule has 0 atom stereocenters. The monoisotopic (exact) mass is 461 g/mol. The summed E-state index contributed by atoms with van der Waals surface area (Å²) in [5.41, 5.74) is 0.123. The van der Waals surface area contributed by atoms with Crippen molar-refractivity contribution in [3.8, 4) is 0 Å². The van der Waals surface area contributed by atoms with Crippen molar-refractivity contribution in [1.29, 1.82) is 0 Å². The normalized spacial score (nSPS) is 11.5. The highest BCUT2D eigenvalue weighted by atomic mass is 16.5. The molecule has 0 saturated heterocycles. The van der Waals surface area contributed by atoms with E-state index < -0.39 is 0 Å². The van der Waals surface area contributed by atoms with Gasteiger partial charge >= 0.3 is 5.97 Å². The Bertz CT molecular complexity index is 480. The molecule has 32 heavy (non-hydrogen) atoms. The predicted molar refractivity (Wildman–Crippen MR) is 140 cm³/mol. The number of rotatable bonds is 6. The van der Waals surface area contributed by atoms with Gasteiger partial charge in [-0.05, 0) is 52.4 Å². The van der Waals surface area contributed by atoms with Crippen LogP contribution in [0.2, 0.25) is 0 Å². The van der Waals surface area contributed by atoms with E-state index in [1.165, 1.54) is 13.5 Å². The van der Waals surface area contributed by atoms with Crippen LogP contribution in [0.15, 0.2) is 0 Å². The third-order valence-electron chi connectivity index (χ3n) is 5.96. The Balaban J connectivity index is -0.000000166. The van der Waals surface area contributed by atoms with Crippen LogP contribution in [0.4, 0.5) is 0 Å². The number of amides is 1. The highest BCUT2D eigenvalue weighted by Crippen LogP contribution is 2.21. The Hall–Kier alpha value is -1.10. The second-order valence-electron chi connectivity index (χ2n) is 11.4. The van der Waals surface area contributed by atoms with Crippen molar-refractivity contribution in [3.63, 3.8) is 0 Å². The van der Waals surface area contributed by atoms with Gasteiger partial charge in [-0.3, -0.25) is 9.59 Å².